The van der Waals surface area contributed by atoms with Crippen molar-refractivity contribution < 1.29 is 4.42 Å². The average molecular weight is 231 g/mol. The maximum absolute atomic E-state index is 5.78. The van der Waals surface area contributed by atoms with Crippen LogP contribution in [0.3, 0.4) is 0 Å². The standard InChI is InChI=1S/C13H17N3O/c1-10(14)12-3-4-13(15-7-12)16(2)8-11-5-6-17-9-11/h3-7,9-10H,8,14H2,1-2H3/t10-/m0/s1. The molecular weight excluding hydrogens is 214 g/mol. The molecule has 4 heteroatoms. The highest BCUT2D eigenvalue weighted by Crippen LogP contribution is 2.15. The number of anilines is 1. The van der Waals surface area contributed by atoms with Crippen molar-refractivity contribution in [2.24, 2.45) is 5.73 Å². The molecule has 0 aliphatic carbocycles. The van der Waals surface area contributed by atoms with E-state index in [1.807, 2.05) is 38.4 Å². The van der Waals surface area contributed by atoms with Crippen molar-refractivity contribution in [2.75, 3.05) is 11.9 Å². The molecule has 0 saturated carbocycles. The summed E-state index contributed by atoms with van der Waals surface area (Å²) in [4.78, 5) is 6.46. The first kappa shape index (κ1) is 11.7. The number of rotatable bonds is 4. The molecule has 2 aromatic heterocycles. The SMILES string of the molecule is C[C@H](N)c1ccc(N(C)Cc2ccoc2)nc1. The summed E-state index contributed by atoms with van der Waals surface area (Å²) in [6, 6.07) is 5.97. The van der Waals surface area contributed by atoms with Gasteiger partial charge in [-0.15, -0.1) is 0 Å². The molecule has 0 aromatic carbocycles. The lowest BCUT2D eigenvalue weighted by Crippen LogP contribution is -2.17. The third-order valence-electron chi connectivity index (χ3n) is 2.69. The summed E-state index contributed by atoms with van der Waals surface area (Å²) < 4.78 is 5.04. The first-order valence-electron chi connectivity index (χ1n) is 5.60. The Balaban J connectivity index is 2.06. The van der Waals surface area contributed by atoms with Gasteiger partial charge in [0, 0.05) is 31.4 Å². The first-order valence-corrected chi connectivity index (χ1v) is 5.60. The van der Waals surface area contributed by atoms with E-state index in [9.17, 15) is 0 Å². The third kappa shape index (κ3) is 2.85. The van der Waals surface area contributed by atoms with E-state index in [1.165, 1.54) is 0 Å². The van der Waals surface area contributed by atoms with E-state index < -0.39 is 0 Å². The highest BCUT2D eigenvalue weighted by atomic mass is 16.3. The van der Waals surface area contributed by atoms with Gasteiger partial charge >= 0.3 is 0 Å². The minimum atomic E-state index is 0.0238. The molecular formula is C13H17N3O. The maximum atomic E-state index is 5.78. The summed E-state index contributed by atoms with van der Waals surface area (Å²) in [7, 11) is 2.00. The molecule has 1 atom stereocenters. The summed E-state index contributed by atoms with van der Waals surface area (Å²) in [6.07, 6.45) is 5.24. The second-order valence-corrected chi connectivity index (χ2v) is 4.23. The lowest BCUT2D eigenvalue weighted by atomic mass is 10.1. The van der Waals surface area contributed by atoms with Crippen LogP contribution in [0.25, 0.3) is 0 Å². The van der Waals surface area contributed by atoms with Crippen molar-refractivity contribution >= 4 is 5.82 Å². The molecule has 17 heavy (non-hydrogen) atoms. The van der Waals surface area contributed by atoms with Crippen LogP contribution >= 0.6 is 0 Å². The first-order chi connectivity index (χ1) is 8.16. The van der Waals surface area contributed by atoms with Gasteiger partial charge in [-0.25, -0.2) is 4.98 Å². The van der Waals surface area contributed by atoms with E-state index >= 15 is 0 Å². The monoisotopic (exact) mass is 231 g/mol. The van der Waals surface area contributed by atoms with Gasteiger partial charge in [-0.05, 0) is 24.6 Å². The third-order valence-corrected chi connectivity index (χ3v) is 2.69. The molecule has 90 valence electrons. The number of hydrogen-bond acceptors (Lipinski definition) is 4. The fourth-order valence-corrected chi connectivity index (χ4v) is 1.63. The fraction of sp³-hybridized carbons (Fsp3) is 0.308. The molecule has 2 heterocycles. The molecule has 0 bridgehead atoms. The zero-order valence-corrected chi connectivity index (χ0v) is 10.1. The highest BCUT2D eigenvalue weighted by Gasteiger charge is 2.05. The van der Waals surface area contributed by atoms with Crippen molar-refractivity contribution in [3.05, 3.63) is 48.0 Å². The van der Waals surface area contributed by atoms with E-state index in [-0.39, 0.29) is 6.04 Å². The molecule has 0 unspecified atom stereocenters. The average Bonchev–Trinajstić information content (AvgIpc) is 2.82. The topological polar surface area (TPSA) is 55.3 Å². The van der Waals surface area contributed by atoms with Gasteiger partial charge in [0.05, 0.1) is 12.5 Å². The lowest BCUT2D eigenvalue weighted by Gasteiger charge is -2.17. The zero-order valence-electron chi connectivity index (χ0n) is 10.1. The highest BCUT2D eigenvalue weighted by molar-refractivity contribution is 5.39. The predicted octanol–water partition coefficient (Wildman–Crippen LogP) is 2.33. The summed E-state index contributed by atoms with van der Waals surface area (Å²) >= 11 is 0. The Morgan fingerprint density at radius 1 is 1.41 bits per heavy atom. The van der Waals surface area contributed by atoms with Gasteiger partial charge in [-0.1, -0.05) is 6.07 Å². The lowest BCUT2D eigenvalue weighted by molar-refractivity contribution is 0.563. The maximum Gasteiger partial charge on any atom is 0.128 e. The second-order valence-electron chi connectivity index (χ2n) is 4.23. The number of aromatic nitrogens is 1. The fourth-order valence-electron chi connectivity index (χ4n) is 1.63. The summed E-state index contributed by atoms with van der Waals surface area (Å²) in [5.41, 5.74) is 7.96. The Morgan fingerprint density at radius 2 is 2.24 bits per heavy atom. The van der Waals surface area contributed by atoms with E-state index in [1.54, 1.807) is 12.5 Å². The Hall–Kier alpha value is -1.81. The Morgan fingerprint density at radius 3 is 2.76 bits per heavy atom. The Bertz CT molecular complexity index is 448. The van der Waals surface area contributed by atoms with Crippen LogP contribution in [-0.2, 0) is 6.54 Å². The molecule has 0 fully saturated rings. The van der Waals surface area contributed by atoms with E-state index in [0.29, 0.717) is 0 Å². The Labute approximate surface area is 101 Å². The second kappa shape index (κ2) is 5.01. The van der Waals surface area contributed by atoms with Crippen molar-refractivity contribution in [1.82, 2.24) is 4.98 Å². The Kier molecular flexibility index (Phi) is 3.44. The minimum absolute atomic E-state index is 0.0238. The molecule has 0 saturated heterocycles. The molecule has 0 radical (unpaired) electrons. The number of nitrogens with zero attached hydrogens (tertiary/aromatic N) is 2. The molecule has 2 rings (SSSR count). The molecule has 2 aromatic rings. The predicted molar refractivity (Wildman–Crippen MR) is 67.7 cm³/mol. The number of pyridine rings is 1. The van der Waals surface area contributed by atoms with Crippen LogP contribution in [0, 0.1) is 0 Å². The van der Waals surface area contributed by atoms with Gasteiger partial charge in [0.1, 0.15) is 5.82 Å². The number of furan rings is 1. The molecule has 0 aliphatic heterocycles. The van der Waals surface area contributed by atoms with E-state index in [4.69, 9.17) is 10.2 Å². The quantitative estimate of drug-likeness (QED) is 0.877. The van der Waals surface area contributed by atoms with Crippen LogP contribution in [0.15, 0.2) is 41.3 Å². The van der Waals surface area contributed by atoms with Crippen LogP contribution in [-0.4, -0.2) is 12.0 Å². The molecule has 0 aliphatic rings. The molecule has 0 amide bonds. The van der Waals surface area contributed by atoms with Crippen molar-refractivity contribution in [3.8, 4) is 0 Å². The van der Waals surface area contributed by atoms with Crippen molar-refractivity contribution in [2.45, 2.75) is 19.5 Å². The van der Waals surface area contributed by atoms with Crippen LogP contribution in [0.2, 0.25) is 0 Å². The summed E-state index contributed by atoms with van der Waals surface area (Å²) in [5, 5.41) is 0. The summed E-state index contributed by atoms with van der Waals surface area (Å²) in [5.74, 6) is 0.926. The van der Waals surface area contributed by atoms with Gasteiger partial charge < -0.3 is 15.1 Å². The van der Waals surface area contributed by atoms with Crippen molar-refractivity contribution in [3.63, 3.8) is 0 Å². The number of hydrogen-bond donors (Lipinski definition) is 1. The zero-order chi connectivity index (χ0) is 12.3. The van der Waals surface area contributed by atoms with Crippen LogP contribution in [0.4, 0.5) is 5.82 Å². The van der Waals surface area contributed by atoms with Gasteiger partial charge in [0.2, 0.25) is 0 Å². The van der Waals surface area contributed by atoms with E-state index in [2.05, 4.69) is 9.88 Å². The smallest absolute Gasteiger partial charge is 0.128 e. The minimum Gasteiger partial charge on any atom is -0.472 e. The van der Waals surface area contributed by atoms with Crippen molar-refractivity contribution in [1.29, 1.82) is 0 Å². The molecule has 2 N–H and O–H groups in total. The van der Waals surface area contributed by atoms with Crippen LogP contribution in [0.1, 0.15) is 24.1 Å². The number of nitrogens with two attached hydrogens (primary N) is 1. The molecule has 4 nitrogen and oxygen atoms in total. The molecule has 0 spiro atoms. The van der Waals surface area contributed by atoms with E-state index in [0.717, 1.165) is 23.5 Å². The van der Waals surface area contributed by atoms with Crippen LogP contribution < -0.4 is 10.6 Å². The van der Waals surface area contributed by atoms with Gasteiger partial charge in [-0.2, -0.15) is 0 Å². The summed E-state index contributed by atoms with van der Waals surface area (Å²) in [6.45, 7) is 2.73. The van der Waals surface area contributed by atoms with Gasteiger partial charge in [-0.3, -0.25) is 0 Å². The van der Waals surface area contributed by atoms with Gasteiger partial charge in [0.25, 0.3) is 0 Å². The normalized spacial score (nSPS) is 12.4. The largest absolute Gasteiger partial charge is 0.472 e. The van der Waals surface area contributed by atoms with Gasteiger partial charge in [0.15, 0.2) is 0 Å². The van der Waals surface area contributed by atoms with Crippen LogP contribution in [0.5, 0.6) is 0 Å².